The number of hydrogen-bond acceptors (Lipinski definition) is 6. The number of furan rings is 2. The standard InChI is InChI=1S/C76H72N2O4/c1-73(2,3)47-35-37-49-45(39-47)41-63(75(7,8)9)69(79)61(49)43-77-67(55-27-15-13-23-51(55)57-29-21-31-59-53-25-17-19-33-65(53)81-71(57)59)68(56-28-16-14-24-52(56)58-30-22-32-60-54-26-18-20-34-66(54)82-72(58)60)78-44-62-50-38-36-48(74(4,5)6)40-46(50)42-64(70(62)80)76(10,11)12/h13-44,67-68,79-80H,1-12H3/t67-,68-/m0/s1. The Kier molecular flexibility index (Phi) is 13.2. The molecule has 2 heterocycles. The predicted molar refractivity (Wildman–Crippen MR) is 345 cm³/mol. The maximum atomic E-state index is 12.7. The van der Waals surface area contributed by atoms with E-state index in [1.807, 2.05) is 48.8 Å². The van der Waals surface area contributed by atoms with Crippen molar-refractivity contribution in [3.63, 3.8) is 0 Å². The first-order valence-electron chi connectivity index (χ1n) is 28.7. The van der Waals surface area contributed by atoms with E-state index < -0.39 is 22.9 Å². The van der Waals surface area contributed by atoms with Crippen molar-refractivity contribution >= 4 is 77.9 Å². The van der Waals surface area contributed by atoms with Crippen LogP contribution in [0.4, 0.5) is 0 Å². The van der Waals surface area contributed by atoms with Crippen molar-refractivity contribution in [1.29, 1.82) is 0 Å². The van der Waals surface area contributed by atoms with Gasteiger partial charge in [-0.15, -0.1) is 0 Å². The van der Waals surface area contributed by atoms with Gasteiger partial charge in [-0.25, -0.2) is 0 Å². The maximum absolute atomic E-state index is 12.7. The maximum Gasteiger partial charge on any atom is 0.143 e. The molecule has 6 nitrogen and oxygen atoms in total. The first-order valence-corrected chi connectivity index (χ1v) is 28.7. The number of nitrogens with zero attached hydrogens (tertiary/aromatic N) is 2. The summed E-state index contributed by atoms with van der Waals surface area (Å²) in [5.41, 5.74) is 12.9. The van der Waals surface area contributed by atoms with Crippen LogP contribution in [0.1, 0.15) is 140 Å². The third-order valence-electron chi connectivity index (χ3n) is 16.6. The van der Waals surface area contributed by atoms with Gasteiger partial charge in [0.15, 0.2) is 0 Å². The molecule has 2 N–H and O–H groups in total. The van der Waals surface area contributed by atoms with Crippen LogP contribution >= 0.6 is 0 Å². The second kappa shape index (κ2) is 20.1. The van der Waals surface area contributed by atoms with E-state index in [9.17, 15) is 10.2 Å². The van der Waals surface area contributed by atoms with E-state index in [0.717, 1.165) is 110 Å². The fraction of sp³-hybridized carbons (Fsp3) is 0.237. The Bertz CT molecular complexity index is 4250. The molecule has 0 saturated heterocycles. The third-order valence-corrected chi connectivity index (χ3v) is 16.6. The highest BCUT2D eigenvalue weighted by atomic mass is 16.3. The summed E-state index contributed by atoms with van der Waals surface area (Å²) in [6, 6.07) is 61.9. The van der Waals surface area contributed by atoms with Gasteiger partial charge in [0.2, 0.25) is 0 Å². The Morgan fingerprint density at radius 1 is 0.354 bits per heavy atom. The van der Waals surface area contributed by atoms with Crippen molar-refractivity contribution < 1.29 is 19.0 Å². The van der Waals surface area contributed by atoms with Crippen molar-refractivity contribution in [2.75, 3.05) is 0 Å². The van der Waals surface area contributed by atoms with Crippen molar-refractivity contribution in [3.05, 3.63) is 226 Å². The summed E-state index contributed by atoms with van der Waals surface area (Å²) in [4.78, 5) is 11.7. The van der Waals surface area contributed by atoms with Crippen LogP contribution in [0.2, 0.25) is 0 Å². The van der Waals surface area contributed by atoms with E-state index in [1.54, 1.807) is 0 Å². The number of aromatic hydroxyl groups is 2. The van der Waals surface area contributed by atoms with Crippen molar-refractivity contribution in [1.82, 2.24) is 0 Å². The highest BCUT2D eigenvalue weighted by Gasteiger charge is 2.32. The Labute approximate surface area is 481 Å². The van der Waals surface area contributed by atoms with E-state index in [2.05, 4.69) is 229 Å². The lowest BCUT2D eigenvalue weighted by molar-refractivity contribution is 0.446. The number of phenolic OH excluding ortho intramolecular Hbond substituents is 2. The molecule has 0 amide bonds. The smallest absolute Gasteiger partial charge is 0.143 e. The number of hydrogen-bond donors (Lipinski definition) is 2. The first-order chi connectivity index (χ1) is 39.0. The average Bonchev–Trinajstić information content (AvgIpc) is 4.22. The minimum absolute atomic E-state index is 0.105. The molecule has 0 aliphatic heterocycles. The fourth-order valence-electron chi connectivity index (χ4n) is 12.1. The molecule has 0 unspecified atom stereocenters. The highest BCUT2D eigenvalue weighted by molar-refractivity contribution is 6.11. The van der Waals surface area contributed by atoms with E-state index in [-0.39, 0.29) is 22.3 Å². The molecule has 0 aliphatic carbocycles. The molecule has 12 rings (SSSR count). The molecule has 2 atom stereocenters. The third kappa shape index (κ3) is 9.62. The zero-order valence-corrected chi connectivity index (χ0v) is 49.2. The number of aliphatic imine (C=N–C) groups is 2. The number of para-hydroxylation sites is 4. The van der Waals surface area contributed by atoms with Crippen LogP contribution in [-0.2, 0) is 21.7 Å². The summed E-state index contributed by atoms with van der Waals surface area (Å²) in [5, 5.41) is 33.4. The molecule has 0 bridgehead atoms. The Morgan fingerprint density at radius 2 is 0.707 bits per heavy atom. The summed E-state index contributed by atoms with van der Waals surface area (Å²) < 4.78 is 13.6. The van der Waals surface area contributed by atoms with Crippen LogP contribution < -0.4 is 0 Å². The van der Waals surface area contributed by atoms with Crippen LogP contribution in [0.3, 0.4) is 0 Å². The second-order valence-corrected chi connectivity index (χ2v) is 26.4. The van der Waals surface area contributed by atoms with Crippen molar-refractivity contribution in [2.45, 2.75) is 117 Å². The van der Waals surface area contributed by atoms with Crippen molar-refractivity contribution in [2.24, 2.45) is 9.98 Å². The van der Waals surface area contributed by atoms with Crippen molar-refractivity contribution in [3.8, 4) is 33.8 Å². The topological polar surface area (TPSA) is 91.5 Å². The fourth-order valence-corrected chi connectivity index (χ4v) is 12.1. The molecule has 0 fully saturated rings. The normalized spacial score (nSPS) is 13.8. The lowest BCUT2D eigenvalue weighted by Crippen LogP contribution is -2.15. The number of phenols is 2. The largest absolute Gasteiger partial charge is 0.507 e. The SMILES string of the molecule is CC(C)(C)c1ccc2c(C=N[C@@H](c3ccccc3-c3cccc4c3oc3ccccc34)[C@@H](N=Cc3c(O)c(C(C)(C)C)cc4cc(C(C)(C)C)ccc34)c3ccccc3-c3cccc4c3oc3ccccc34)c(O)c(C(C)(C)C)cc2c1. The van der Waals surface area contributed by atoms with Gasteiger partial charge in [-0.3, -0.25) is 9.98 Å². The zero-order valence-electron chi connectivity index (χ0n) is 49.2. The molecular formula is C76H72N2O4. The summed E-state index contributed by atoms with van der Waals surface area (Å²) >= 11 is 0. The van der Waals surface area contributed by atoms with Gasteiger partial charge in [-0.1, -0.05) is 241 Å². The van der Waals surface area contributed by atoms with Gasteiger partial charge in [0.1, 0.15) is 45.9 Å². The lowest BCUT2D eigenvalue weighted by Gasteiger charge is -2.27. The summed E-state index contributed by atoms with van der Waals surface area (Å²) in [6.07, 6.45) is 3.78. The van der Waals surface area contributed by atoms with Gasteiger partial charge >= 0.3 is 0 Å². The lowest BCUT2D eigenvalue weighted by atomic mass is 9.81. The Hall–Kier alpha value is -8.74. The molecular weight excluding hydrogens is 1000 g/mol. The summed E-state index contributed by atoms with van der Waals surface area (Å²) in [6.45, 7) is 26.2. The minimum Gasteiger partial charge on any atom is -0.507 e. The van der Waals surface area contributed by atoms with Crippen LogP contribution in [-0.4, -0.2) is 22.6 Å². The van der Waals surface area contributed by atoms with Gasteiger partial charge in [0.25, 0.3) is 0 Å². The zero-order chi connectivity index (χ0) is 57.6. The minimum atomic E-state index is -0.767. The van der Waals surface area contributed by atoms with Gasteiger partial charge < -0.3 is 19.0 Å². The Morgan fingerprint density at radius 3 is 1.10 bits per heavy atom. The van der Waals surface area contributed by atoms with Gasteiger partial charge in [-0.2, -0.15) is 0 Å². The molecule has 12 aromatic rings. The molecule has 410 valence electrons. The molecule has 6 heteroatoms. The number of fused-ring (bicyclic) bond motifs is 8. The molecule has 0 saturated carbocycles. The van der Waals surface area contributed by atoms with Gasteiger partial charge in [0.05, 0.1) is 0 Å². The number of benzene rings is 10. The predicted octanol–water partition coefficient (Wildman–Crippen LogP) is 20.7. The van der Waals surface area contributed by atoms with E-state index in [4.69, 9.17) is 18.8 Å². The monoisotopic (exact) mass is 1080 g/mol. The highest BCUT2D eigenvalue weighted by Crippen LogP contribution is 2.49. The van der Waals surface area contributed by atoms with E-state index in [0.29, 0.717) is 11.1 Å². The Balaban J connectivity index is 1.19. The first kappa shape index (κ1) is 53.9. The van der Waals surface area contributed by atoms with Crippen LogP contribution in [0.5, 0.6) is 11.5 Å². The van der Waals surface area contributed by atoms with E-state index in [1.165, 1.54) is 11.1 Å². The molecule has 0 spiro atoms. The van der Waals surface area contributed by atoms with E-state index >= 15 is 0 Å². The van der Waals surface area contributed by atoms with Gasteiger partial charge in [0, 0.05) is 67.4 Å². The molecule has 82 heavy (non-hydrogen) atoms. The molecule has 0 aliphatic rings. The van der Waals surface area contributed by atoms with Gasteiger partial charge in [-0.05, 0) is 101 Å². The molecule has 0 radical (unpaired) electrons. The summed E-state index contributed by atoms with van der Waals surface area (Å²) in [5.74, 6) is 0.377. The van der Waals surface area contributed by atoms with Crippen LogP contribution in [0, 0.1) is 0 Å². The average molecular weight is 1080 g/mol. The quantitative estimate of drug-likeness (QED) is 0.141. The van der Waals surface area contributed by atoms with Crippen LogP contribution in [0.25, 0.3) is 87.7 Å². The molecule has 2 aromatic heterocycles. The molecule has 10 aromatic carbocycles. The second-order valence-electron chi connectivity index (χ2n) is 26.4. The van der Waals surface area contributed by atoms with Crippen LogP contribution in [0.15, 0.2) is 201 Å². The summed E-state index contributed by atoms with van der Waals surface area (Å²) in [7, 11) is 0. The number of rotatable bonds is 9.